The van der Waals surface area contributed by atoms with Crippen molar-refractivity contribution in [2.75, 3.05) is 11.9 Å². The maximum absolute atomic E-state index is 14.6. The largest absolute Gasteiger partial charge is 0.462 e. The fourth-order valence-electron chi connectivity index (χ4n) is 3.12. The lowest BCUT2D eigenvalue weighted by Crippen LogP contribution is -2.23. The number of nitrogens with zero attached hydrogens (tertiary/aromatic N) is 1. The molecule has 2 aromatic rings. The topological polar surface area (TPSA) is 102 Å². The summed E-state index contributed by atoms with van der Waals surface area (Å²) in [5.41, 5.74) is 0.637. The van der Waals surface area contributed by atoms with E-state index >= 15 is 0 Å². The summed E-state index contributed by atoms with van der Waals surface area (Å²) in [4.78, 5) is 22.4. The van der Waals surface area contributed by atoms with Crippen LogP contribution in [-0.2, 0) is 11.2 Å². The van der Waals surface area contributed by atoms with Gasteiger partial charge >= 0.3 is 5.97 Å². The number of fused-ring (bicyclic) bond motifs is 1. The van der Waals surface area contributed by atoms with Gasteiger partial charge in [-0.2, -0.15) is 0 Å². The molecule has 0 aliphatic heterocycles. The minimum atomic E-state index is -0.959. The van der Waals surface area contributed by atoms with E-state index in [2.05, 4.69) is 5.32 Å². The first-order valence-electron chi connectivity index (χ1n) is 8.09. The number of aliphatic hydroxyl groups excluding tert-OH is 1. The van der Waals surface area contributed by atoms with E-state index in [0.717, 1.165) is 23.3 Å². The number of anilines is 1. The molecule has 0 heterocycles. The Kier molecular flexibility index (Phi) is 4.85. The molecule has 0 aromatic heterocycles. The molecule has 0 amide bonds. The molecule has 0 radical (unpaired) electrons. The van der Waals surface area contributed by atoms with Crippen LogP contribution in [0.2, 0.25) is 0 Å². The van der Waals surface area contributed by atoms with E-state index < -0.39 is 34.5 Å². The van der Waals surface area contributed by atoms with Crippen molar-refractivity contribution in [2.24, 2.45) is 0 Å². The van der Waals surface area contributed by atoms with Crippen LogP contribution in [0.25, 0.3) is 0 Å². The maximum atomic E-state index is 14.6. The Hall–Kier alpha value is -3.00. The number of nitrogens with one attached hydrogen (secondary N) is 1. The Morgan fingerprint density at radius 3 is 2.85 bits per heavy atom. The zero-order chi connectivity index (χ0) is 18.8. The summed E-state index contributed by atoms with van der Waals surface area (Å²) >= 11 is 0. The third kappa shape index (κ3) is 3.23. The molecule has 0 saturated heterocycles. The number of hydrogen-bond donors (Lipinski definition) is 2. The number of nitro benzene ring substituents is 1. The van der Waals surface area contributed by atoms with E-state index in [-0.39, 0.29) is 17.9 Å². The fraction of sp³-hybridized carbons (Fsp3) is 0.278. The van der Waals surface area contributed by atoms with Crippen molar-refractivity contribution >= 4 is 17.3 Å². The predicted molar refractivity (Wildman–Crippen MR) is 91.5 cm³/mol. The monoisotopic (exact) mass is 360 g/mol. The van der Waals surface area contributed by atoms with E-state index in [1.54, 1.807) is 19.1 Å². The highest BCUT2D eigenvalue weighted by atomic mass is 19.1. The first-order chi connectivity index (χ1) is 12.4. The number of nitro groups is 1. The van der Waals surface area contributed by atoms with Gasteiger partial charge in [-0.25, -0.2) is 9.18 Å². The van der Waals surface area contributed by atoms with Gasteiger partial charge in [0.1, 0.15) is 0 Å². The Morgan fingerprint density at radius 1 is 1.42 bits per heavy atom. The number of esters is 1. The van der Waals surface area contributed by atoms with Gasteiger partial charge in [-0.1, -0.05) is 24.3 Å². The summed E-state index contributed by atoms with van der Waals surface area (Å²) in [6.45, 7) is 1.62. The number of hydrogen-bond acceptors (Lipinski definition) is 6. The molecule has 0 fully saturated rings. The van der Waals surface area contributed by atoms with Crippen LogP contribution in [0.3, 0.4) is 0 Å². The van der Waals surface area contributed by atoms with E-state index in [4.69, 9.17) is 4.74 Å². The molecule has 1 aliphatic rings. The molecular formula is C18H17FN2O5. The highest BCUT2D eigenvalue weighted by Gasteiger charge is 2.33. The number of carbonyl (C=O) groups is 1. The quantitative estimate of drug-likeness (QED) is 0.483. The Balaban J connectivity index is 2.04. The van der Waals surface area contributed by atoms with Gasteiger partial charge in [-0.05, 0) is 18.1 Å². The zero-order valence-electron chi connectivity index (χ0n) is 13.9. The molecule has 2 N–H and O–H groups in total. The summed E-state index contributed by atoms with van der Waals surface area (Å²) < 4.78 is 19.5. The molecule has 8 heteroatoms. The van der Waals surface area contributed by atoms with Gasteiger partial charge in [-0.3, -0.25) is 10.1 Å². The third-order valence-electron chi connectivity index (χ3n) is 4.28. The average molecular weight is 360 g/mol. The molecule has 26 heavy (non-hydrogen) atoms. The highest BCUT2D eigenvalue weighted by Crippen LogP contribution is 2.37. The molecular weight excluding hydrogens is 343 g/mol. The van der Waals surface area contributed by atoms with Gasteiger partial charge in [0.25, 0.3) is 5.69 Å². The molecule has 136 valence electrons. The summed E-state index contributed by atoms with van der Waals surface area (Å²) in [6.07, 6.45) is -0.436. The van der Waals surface area contributed by atoms with Crippen molar-refractivity contribution in [2.45, 2.75) is 25.5 Å². The number of aliphatic hydroxyl groups is 1. The van der Waals surface area contributed by atoms with Gasteiger partial charge in [0, 0.05) is 12.5 Å². The van der Waals surface area contributed by atoms with Gasteiger partial charge in [0.2, 0.25) is 0 Å². The number of rotatable bonds is 5. The SMILES string of the molecule is CCOC(=O)c1cc([N+](=O)[O-])cc(F)c1N[C@H]1c2ccccc2C[C@H]1O. The smallest absolute Gasteiger partial charge is 0.340 e. The highest BCUT2D eigenvalue weighted by molar-refractivity contribution is 5.96. The van der Waals surface area contributed by atoms with E-state index in [1.807, 2.05) is 12.1 Å². The number of carbonyl (C=O) groups excluding carboxylic acids is 1. The summed E-state index contributed by atoms with van der Waals surface area (Å²) in [7, 11) is 0. The van der Waals surface area contributed by atoms with Crippen LogP contribution in [0.4, 0.5) is 15.8 Å². The van der Waals surface area contributed by atoms with Gasteiger partial charge in [0.15, 0.2) is 5.82 Å². The van der Waals surface area contributed by atoms with E-state index in [0.29, 0.717) is 6.42 Å². The Bertz CT molecular complexity index is 871. The first kappa shape index (κ1) is 17.8. The van der Waals surface area contributed by atoms with Crippen molar-refractivity contribution in [1.82, 2.24) is 0 Å². The van der Waals surface area contributed by atoms with Gasteiger partial charge < -0.3 is 15.2 Å². The summed E-state index contributed by atoms with van der Waals surface area (Å²) in [5, 5.41) is 24.2. The number of halogens is 1. The van der Waals surface area contributed by atoms with Crippen molar-refractivity contribution in [3.05, 3.63) is 69.0 Å². The van der Waals surface area contributed by atoms with E-state index in [9.17, 15) is 24.4 Å². The zero-order valence-corrected chi connectivity index (χ0v) is 13.9. The molecule has 0 spiro atoms. The Morgan fingerprint density at radius 2 is 2.15 bits per heavy atom. The fourth-order valence-corrected chi connectivity index (χ4v) is 3.12. The van der Waals surface area contributed by atoms with Crippen LogP contribution >= 0.6 is 0 Å². The average Bonchev–Trinajstić information content (AvgIpc) is 2.92. The van der Waals surface area contributed by atoms with Crippen molar-refractivity contribution in [3.8, 4) is 0 Å². The third-order valence-corrected chi connectivity index (χ3v) is 4.28. The minimum Gasteiger partial charge on any atom is -0.462 e. The van der Waals surface area contributed by atoms with Crippen molar-refractivity contribution < 1.29 is 24.0 Å². The molecule has 3 rings (SSSR count). The molecule has 0 bridgehead atoms. The normalized spacial score (nSPS) is 18.3. The lowest BCUT2D eigenvalue weighted by atomic mass is 10.1. The molecule has 1 aliphatic carbocycles. The standard InChI is InChI=1S/C18H17FN2O5/c1-2-26-18(23)13-8-11(21(24)25)9-14(19)16(13)20-17-12-6-4-3-5-10(12)7-15(17)22/h3-6,8-9,15,17,20,22H,2,7H2,1H3/t15-,17+/m1/s1. The second-order valence-corrected chi connectivity index (χ2v) is 5.92. The molecule has 0 unspecified atom stereocenters. The lowest BCUT2D eigenvalue weighted by Gasteiger charge is -2.21. The van der Waals surface area contributed by atoms with Crippen LogP contribution in [0, 0.1) is 15.9 Å². The predicted octanol–water partition coefficient (Wildman–Crippen LogP) is 2.98. The van der Waals surface area contributed by atoms with Crippen LogP contribution < -0.4 is 5.32 Å². The molecule has 7 nitrogen and oxygen atoms in total. The molecule has 2 atom stereocenters. The van der Waals surface area contributed by atoms with Crippen LogP contribution in [0.1, 0.15) is 34.5 Å². The van der Waals surface area contributed by atoms with Crippen molar-refractivity contribution in [3.63, 3.8) is 0 Å². The van der Waals surface area contributed by atoms with Gasteiger partial charge in [-0.15, -0.1) is 0 Å². The van der Waals surface area contributed by atoms with Crippen LogP contribution in [0.5, 0.6) is 0 Å². The van der Waals surface area contributed by atoms with Crippen LogP contribution in [-0.4, -0.2) is 28.7 Å². The number of benzene rings is 2. The minimum absolute atomic E-state index is 0.0392. The molecule has 2 aromatic carbocycles. The lowest BCUT2D eigenvalue weighted by molar-refractivity contribution is -0.385. The second kappa shape index (κ2) is 7.09. The van der Waals surface area contributed by atoms with E-state index in [1.165, 1.54) is 0 Å². The summed E-state index contributed by atoms with van der Waals surface area (Å²) in [5.74, 6) is -1.84. The molecule has 0 saturated carbocycles. The van der Waals surface area contributed by atoms with Gasteiger partial charge in [0.05, 0.1) is 41.0 Å². The Labute approximate surface area is 148 Å². The number of ether oxygens (including phenoxy) is 1. The first-order valence-corrected chi connectivity index (χ1v) is 8.09. The summed E-state index contributed by atoms with van der Waals surface area (Å²) in [6, 6.07) is 8.36. The maximum Gasteiger partial charge on any atom is 0.340 e. The number of non-ortho nitro benzene ring substituents is 1. The van der Waals surface area contributed by atoms with Crippen LogP contribution in [0.15, 0.2) is 36.4 Å². The van der Waals surface area contributed by atoms with Crippen molar-refractivity contribution in [1.29, 1.82) is 0 Å². The second-order valence-electron chi connectivity index (χ2n) is 5.92.